The van der Waals surface area contributed by atoms with Gasteiger partial charge in [0.25, 0.3) is 0 Å². The normalized spacial score (nSPS) is 14.3. The van der Waals surface area contributed by atoms with Gasteiger partial charge in [-0.15, -0.1) is 105 Å². The van der Waals surface area contributed by atoms with E-state index in [9.17, 15) is 0 Å². The zero-order chi connectivity index (χ0) is 46.9. The standard InChI is InChI=1S/3C21H20N.3ClH.3Zr/c3*1-12-6-9-18-17(10-12)19-13(2)15-8-7-14(21(3,4)5)11-16(15)20(19)22-18;;;;;;/h3*6-7,9-11H,1-5H3;3*1H;;;/q3*-1;;;;3*+2/p-3. The molecule has 3 aliphatic carbocycles. The van der Waals surface area contributed by atoms with Gasteiger partial charge in [0.2, 0.25) is 0 Å². The Labute approximate surface area is 505 Å². The molecule has 3 aliphatic heterocycles. The second-order valence-corrected chi connectivity index (χ2v) is 22.2. The summed E-state index contributed by atoms with van der Waals surface area (Å²) in [4.78, 5) is 14.7. The van der Waals surface area contributed by atoms with Crippen LogP contribution in [0, 0.1) is 39.0 Å². The molecule has 0 unspecified atom stereocenters. The summed E-state index contributed by atoms with van der Waals surface area (Å²) in [6.07, 6.45) is 0. The van der Waals surface area contributed by atoms with Crippen LogP contribution in [0.4, 0.5) is 17.1 Å². The SMILES string of the molecule is CC1=C2C(=Nc3ccc(C)cc32)c2cc(C(C)(C)C)c[c-]c21.CC1=C2C(=Nc3ccc(C)cc32)c2cc(C(C)(C)C)c[c-]c21.CC1=C2C(=Nc3ccc(C)cc32)c2cc(C(C)(C)C)c[c-]c21.[Cl-].[Cl-].[Cl-].[Zr+2].[Zr+2].[Zr+2]. The van der Waals surface area contributed by atoms with E-state index in [1.54, 1.807) is 0 Å². The molecule has 9 heteroatoms. The average molecular weight is 1240 g/mol. The Bertz CT molecular complexity index is 3010. The van der Waals surface area contributed by atoms with Gasteiger partial charge in [0.05, 0.1) is 17.1 Å². The van der Waals surface area contributed by atoms with Crippen LogP contribution in [0.1, 0.15) is 167 Å². The maximum atomic E-state index is 4.91. The average Bonchev–Trinajstić information content (AvgIpc) is 4.08. The van der Waals surface area contributed by atoms with E-state index >= 15 is 0 Å². The van der Waals surface area contributed by atoms with Crippen LogP contribution in [0.5, 0.6) is 0 Å². The molecule has 6 aromatic rings. The molecule has 0 amide bonds. The predicted octanol–water partition coefficient (Wildman–Crippen LogP) is 7.42. The Morgan fingerprint density at radius 3 is 0.792 bits per heavy atom. The van der Waals surface area contributed by atoms with Crippen LogP contribution in [-0.2, 0) is 94.9 Å². The van der Waals surface area contributed by atoms with E-state index in [4.69, 9.17) is 15.0 Å². The molecule has 3 nitrogen and oxygen atoms in total. The fourth-order valence-electron chi connectivity index (χ4n) is 10.1. The number of aliphatic imine (C=N–C) groups is 3. The summed E-state index contributed by atoms with van der Waals surface area (Å²) in [6.45, 7) is 33.2. The van der Waals surface area contributed by atoms with Crippen molar-refractivity contribution in [3.05, 3.63) is 193 Å². The Morgan fingerprint density at radius 1 is 0.333 bits per heavy atom. The number of fused-ring (bicyclic) bond motifs is 15. The molecule has 0 atom stereocenters. The Balaban J connectivity index is 0.000000225. The minimum Gasteiger partial charge on any atom is -1.00 e. The first-order valence-corrected chi connectivity index (χ1v) is 23.5. The van der Waals surface area contributed by atoms with Gasteiger partial charge in [0, 0.05) is 17.1 Å². The third kappa shape index (κ3) is 10.7. The van der Waals surface area contributed by atoms with Gasteiger partial charge in [-0.05, 0) is 88.6 Å². The molecule has 0 bridgehead atoms. The molecular weight excluding hydrogens is 1180 g/mol. The molecule has 3 heterocycles. The number of rotatable bonds is 0. The van der Waals surface area contributed by atoms with Crippen LogP contribution in [-0.4, -0.2) is 17.1 Å². The van der Waals surface area contributed by atoms with Crippen molar-refractivity contribution in [1.29, 1.82) is 0 Å². The molecule has 0 radical (unpaired) electrons. The van der Waals surface area contributed by atoms with Crippen LogP contribution in [0.3, 0.4) is 0 Å². The topological polar surface area (TPSA) is 37.1 Å². The van der Waals surface area contributed by atoms with Crippen LogP contribution in [0.15, 0.2) is 106 Å². The minimum atomic E-state index is 0. The van der Waals surface area contributed by atoms with Gasteiger partial charge in [0.1, 0.15) is 0 Å². The molecule has 360 valence electrons. The number of hydrogen-bond donors (Lipinski definition) is 0. The second kappa shape index (κ2) is 22.3. The van der Waals surface area contributed by atoms with Crippen LogP contribution >= 0.6 is 0 Å². The summed E-state index contributed by atoms with van der Waals surface area (Å²) in [5.74, 6) is 0. The van der Waals surface area contributed by atoms with Gasteiger partial charge in [-0.3, -0.25) is 15.0 Å². The van der Waals surface area contributed by atoms with Crippen molar-refractivity contribution in [3.8, 4) is 0 Å². The second-order valence-electron chi connectivity index (χ2n) is 22.2. The van der Waals surface area contributed by atoms with Crippen LogP contribution in [0.2, 0.25) is 0 Å². The van der Waals surface area contributed by atoms with E-state index in [1.807, 2.05) is 0 Å². The monoisotopic (exact) mass is 1230 g/mol. The van der Waals surface area contributed by atoms with Gasteiger partial charge in [-0.25, -0.2) is 0 Å². The van der Waals surface area contributed by atoms with Crippen molar-refractivity contribution in [3.63, 3.8) is 0 Å². The number of aryl methyl sites for hydroxylation is 3. The number of nitrogens with zero attached hydrogens (tertiary/aromatic N) is 3. The summed E-state index contributed by atoms with van der Waals surface area (Å²) in [7, 11) is 0. The Morgan fingerprint density at radius 2 is 0.569 bits per heavy atom. The predicted molar refractivity (Wildman–Crippen MR) is 282 cm³/mol. The summed E-state index contributed by atoms with van der Waals surface area (Å²) in [5.41, 5.74) is 33.9. The number of hydrogen-bond acceptors (Lipinski definition) is 3. The van der Waals surface area contributed by atoms with Gasteiger partial charge in [0.15, 0.2) is 0 Å². The Hall–Kier alpha value is -2.93. The van der Waals surface area contributed by atoms with Crippen molar-refractivity contribution in [2.24, 2.45) is 15.0 Å². The fraction of sp³-hybridized carbons (Fsp3) is 0.286. The van der Waals surface area contributed by atoms with Crippen molar-refractivity contribution in [1.82, 2.24) is 0 Å². The third-order valence-corrected chi connectivity index (χ3v) is 14.1. The maximum Gasteiger partial charge on any atom is 2.00 e. The molecule has 0 saturated heterocycles. The first kappa shape index (κ1) is 61.6. The van der Waals surface area contributed by atoms with Gasteiger partial charge in [-0.1, -0.05) is 153 Å². The zero-order valence-corrected chi connectivity index (χ0v) is 53.8. The van der Waals surface area contributed by atoms with Crippen molar-refractivity contribution < 1.29 is 116 Å². The first-order chi connectivity index (χ1) is 31.1. The van der Waals surface area contributed by atoms with Gasteiger partial charge in [-0.2, -0.15) is 0 Å². The Kier molecular flexibility index (Phi) is 19.1. The number of allylic oxidation sites excluding steroid dienone is 6. The molecular formula is C63H60Cl3N3Zr3. The summed E-state index contributed by atoms with van der Waals surface area (Å²) in [5, 5.41) is 0. The van der Waals surface area contributed by atoms with E-state index in [0.29, 0.717) is 0 Å². The molecule has 12 rings (SSSR count). The maximum absolute atomic E-state index is 4.91. The molecule has 6 aromatic carbocycles. The van der Waals surface area contributed by atoms with Crippen molar-refractivity contribution in [2.75, 3.05) is 0 Å². The van der Waals surface area contributed by atoms with Gasteiger partial charge < -0.3 is 37.2 Å². The van der Waals surface area contributed by atoms with Crippen LogP contribution < -0.4 is 37.2 Å². The molecule has 0 aromatic heterocycles. The summed E-state index contributed by atoms with van der Waals surface area (Å²) >= 11 is 0. The third-order valence-electron chi connectivity index (χ3n) is 14.1. The largest absolute Gasteiger partial charge is 2.00 e. The van der Waals surface area contributed by atoms with Crippen molar-refractivity contribution in [2.45, 2.75) is 120 Å². The molecule has 0 saturated carbocycles. The minimum absolute atomic E-state index is 0. The quantitative estimate of drug-likeness (QED) is 0.142. The van der Waals surface area contributed by atoms with Crippen LogP contribution in [0.25, 0.3) is 33.4 Å². The molecule has 72 heavy (non-hydrogen) atoms. The number of halogens is 3. The molecule has 0 fully saturated rings. The van der Waals surface area contributed by atoms with E-state index in [-0.39, 0.29) is 132 Å². The van der Waals surface area contributed by atoms with E-state index in [1.165, 1.54) is 117 Å². The first-order valence-electron chi connectivity index (χ1n) is 23.5. The zero-order valence-electron chi connectivity index (χ0n) is 44.1. The fourth-order valence-corrected chi connectivity index (χ4v) is 10.1. The molecule has 6 aliphatic rings. The molecule has 0 N–H and O–H groups in total. The van der Waals surface area contributed by atoms with E-state index < -0.39 is 0 Å². The van der Waals surface area contributed by atoms with E-state index in [2.05, 4.69) is 213 Å². The summed E-state index contributed by atoms with van der Waals surface area (Å²) < 4.78 is 0. The number of benzene rings is 6. The smallest absolute Gasteiger partial charge is 1.00 e. The van der Waals surface area contributed by atoms with Crippen molar-refractivity contribution >= 4 is 67.6 Å². The summed E-state index contributed by atoms with van der Waals surface area (Å²) in [6, 6.07) is 43.4. The molecule has 0 spiro atoms. The van der Waals surface area contributed by atoms with E-state index in [0.717, 1.165) is 34.2 Å². The van der Waals surface area contributed by atoms with Gasteiger partial charge >= 0.3 is 78.6 Å².